The normalized spacial score (nSPS) is 12.2. The van der Waals surface area contributed by atoms with Crippen molar-refractivity contribution in [1.82, 2.24) is 9.78 Å². The maximum atomic E-state index is 10.5. The minimum absolute atomic E-state index is 0.577. The number of rotatable bonds is 5. The molecule has 0 amide bonds. The quantitative estimate of drug-likeness (QED) is 0.909. The number of aliphatic hydroxyl groups is 1. The van der Waals surface area contributed by atoms with Crippen LogP contribution in [0.4, 0.5) is 0 Å². The van der Waals surface area contributed by atoms with E-state index in [1.165, 1.54) is 0 Å². The number of ether oxygens (including phenoxy) is 2. The third-order valence-electron chi connectivity index (χ3n) is 3.09. The number of nitrogens with zero attached hydrogens (tertiary/aromatic N) is 2. The van der Waals surface area contributed by atoms with Gasteiger partial charge in [-0.3, -0.25) is 4.68 Å². The number of methoxy groups -OCH3 is 2. The van der Waals surface area contributed by atoms with Gasteiger partial charge in [0.15, 0.2) is 11.5 Å². The SMILES string of the molecule is CCn1cc(C(O)c2cc(OC)c(OC)cc2Br)cn1. The van der Waals surface area contributed by atoms with Crippen molar-refractivity contribution < 1.29 is 14.6 Å². The second-order valence-corrected chi connectivity index (χ2v) is 5.11. The molecule has 0 bridgehead atoms. The third-order valence-corrected chi connectivity index (χ3v) is 3.78. The highest BCUT2D eigenvalue weighted by molar-refractivity contribution is 9.10. The maximum absolute atomic E-state index is 10.5. The van der Waals surface area contributed by atoms with E-state index in [9.17, 15) is 5.11 Å². The van der Waals surface area contributed by atoms with Crippen LogP contribution in [-0.4, -0.2) is 29.1 Å². The highest BCUT2D eigenvalue weighted by atomic mass is 79.9. The van der Waals surface area contributed by atoms with Crippen molar-refractivity contribution in [3.8, 4) is 11.5 Å². The molecule has 2 rings (SSSR count). The summed E-state index contributed by atoms with van der Waals surface area (Å²) in [7, 11) is 3.14. The Kier molecular flexibility index (Phi) is 4.67. The lowest BCUT2D eigenvalue weighted by atomic mass is 10.0. The molecule has 0 saturated heterocycles. The lowest BCUT2D eigenvalue weighted by molar-refractivity contribution is 0.218. The van der Waals surface area contributed by atoms with Gasteiger partial charge in [-0.15, -0.1) is 0 Å². The van der Waals surface area contributed by atoms with Crippen molar-refractivity contribution in [1.29, 1.82) is 0 Å². The first-order valence-electron chi connectivity index (χ1n) is 6.22. The first-order chi connectivity index (χ1) is 9.60. The van der Waals surface area contributed by atoms with E-state index in [2.05, 4.69) is 21.0 Å². The molecule has 1 unspecified atom stereocenters. The zero-order valence-electron chi connectivity index (χ0n) is 11.6. The molecule has 108 valence electrons. The van der Waals surface area contributed by atoms with E-state index in [1.54, 1.807) is 37.2 Å². The molecule has 0 saturated carbocycles. The zero-order chi connectivity index (χ0) is 14.7. The molecule has 1 aromatic heterocycles. The Labute approximate surface area is 126 Å². The summed E-state index contributed by atoms with van der Waals surface area (Å²) < 4.78 is 13.0. The maximum Gasteiger partial charge on any atom is 0.161 e. The second kappa shape index (κ2) is 6.28. The van der Waals surface area contributed by atoms with Crippen molar-refractivity contribution in [2.75, 3.05) is 14.2 Å². The van der Waals surface area contributed by atoms with Gasteiger partial charge in [0.25, 0.3) is 0 Å². The average Bonchev–Trinajstić information content (AvgIpc) is 2.95. The van der Waals surface area contributed by atoms with E-state index in [1.807, 2.05) is 13.1 Å². The Hall–Kier alpha value is -1.53. The predicted octanol–water partition coefficient (Wildman–Crippen LogP) is 2.76. The fraction of sp³-hybridized carbons (Fsp3) is 0.357. The van der Waals surface area contributed by atoms with Crippen LogP contribution < -0.4 is 9.47 Å². The van der Waals surface area contributed by atoms with Gasteiger partial charge in [-0.25, -0.2) is 0 Å². The van der Waals surface area contributed by atoms with Gasteiger partial charge in [0.2, 0.25) is 0 Å². The monoisotopic (exact) mass is 340 g/mol. The molecule has 0 aliphatic heterocycles. The third kappa shape index (κ3) is 2.81. The van der Waals surface area contributed by atoms with Crippen LogP contribution in [-0.2, 0) is 6.54 Å². The minimum Gasteiger partial charge on any atom is -0.493 e. The first kappa shape index (κ1) is 14.9. The number of hydrogen-bond acceptors (Lipinski definition) is 4. The molecule has 2 aromatic rings. The topological polar surface area (TPSA) is 56.5 Å². The van der Waals surface area contributed by atoms with Crippen molar-refractivity contribution in [3.05, 3.63) is 40.1 Å². The number of aliphatic hydroxyl groups excluding tert-OH is 1. The van der Waals surface area contributed by atoms with Crippen LogP contribution in [0.3, 0.4) is 0 Å². The molecular weight excluding hydrogens is 324 g/mol. The van der Waals surface area contributed by atoms with Gasteiger partial charge >= 0.3 is 0 Å². The number of hydrogen-bond donors (Lipinski definition) is 1. The van der Waals surface area contributed by atoms with Gasteiger partial charge in [0.1, 0.15) is 6.10 Å². The summed E-state index contributed by atoms with van der Waals surface area (Å²) in [5, 5.41) is 14.7. The van der Waals surface area contributed by atoms with E-state index in [0.29, 0.717) is 17.1 Å². The highest BCUT2D eigenvalue weighted by Crippen LogP contribution is 2.37. The summed E-state index contributed by atoms with van der Waals surface area (Å²) in [5.41, 5.74) is 1.44. The van der Waals surface area contributed by atoms with Crippen LogP contribution in [0.2, 0.25) is 0 Å². The molecular formula is C14H17BrN2O3. The Morgan fingerprint density at radius 3 is 2.50 bits per heavy atom. The van der Waals surface area contributed by atoms with E-state index in [0.717, 1.165) is 16.6 Å². The largest absolute Gasteiger partial charge is 0.493 e. The molecule has 1 aromatic carbocycles. The summed E-state index contributed by atoms with van der Waals surface area (Å²) in [6.45, 7) is 2.76. The van der Waals surface area contributed by atoms with Gasteiger partial charge in [-0.2, -0.15) is 5.10 Å². The van der Waals surface area contributed by atoms with Crippen LogP contribution in [0.5, 0.6) is 11.5 Å². The summed E-state index contributed by atoms with van der Waals surface area (Å²) in [6.07, 6.45) is 2.72. The van der Waals surface area contributed by atoms with Crippen LogP contribution in [0, 0.1) is 0 Å². The van der Waals surface area contributed by atoms with Crippen LogP contribution in [0.25, 0.3) is 0 Å². The minimum atomic E-state index is -0.774. The predicted molar refractivity (Wildman–Crippen MR) is 79.2 cm³/mol. The van der Waals surface area contributed by atoms with E-state index in [4.69, 9.17) is 9.47 Å². The van der Waals surface area contributed by atoms with Crippen molar-refractivity contribution >= 4 is 15.9 Å². The molecule has 1 atom stereocenters. The van der Waals surface area contributed by atoms with Crippen LogP contribution in [0.1, 0.15) is 24.2 Å². The van der Waals surface area contributed by atoms with Crippen LogP contribution in [0.15, 0.2) is 29.0 Å². The fourth-order valence-electron chi connectivity index (χ4n) is 1.95. The number of aryl methyl sites for hydroxylation is 1. The Morgan fingerprint density at radius 1 is 1.30 bits per heavy atom. The summed E-state index contributed by atoms with van der Waals surface area (Å²) in [4.78, 5) is 0. The standard InChI is InChI=1S/C14H17BrN2O3/c1-4-17-8-9(7-16-17)14(18)10-5-12(19-2)13(20-3)6-11(10)15/h5-8,14,18H,4H2,1-3H3. The number of halogens is 1. The summed E-state index contributed by atoms with van der Waals surface area (Å²) >= 11 is 3.45. The summed E-state index contributed by atoms with van der Waals surface area (Å²) in [6, 6.07) is 3.54. The Morgan fingerprint density at radius 2 is 1.95 bits per heavy atom. The highest BCUT2D eigenvalue weighted by Gasteiger charge is 2.19. The molecule has 5 nitrogen and oxygen atoms in total. The van der Waals surface area contributed by atoms with Gasteiger partial charge in [-0.1, -0.05) is 15.9 Å². The lowest BCUT2D eigenvalue weighted by Gasteiger charge is -2.15. The van der Waals surface area contributed by atoms with E-state index >= 15 is 0 Å². The smallest absolute Gasteiger partial charge is 0.161 e. The summed E-state index contributed by atoms with van der Waals surface area (Å²) in [5.74, 6) is 1.19. The molecule has 0 fully saturated rings. The van der Waals surface area contributed by atoms with Gasteiger partial charge in [0, 0.05) is 28.3 Å². The molecule has 0 aliphatic rings. The Balaban J connectivity index is 2.40. The van der Waals surface area contributed by atoms with Gasteiger partial charge < -0.3 is 14.6 Å². The number of benzene rings is 1. The zero-order valence-corrected chi connectivity index (χ0v) is 13.2. The first-order valence-corrected chi connectivity index (χ1v) is 7.01. The van der Waals surface area contributed by atoms with Gasteiger partial charge in [0.05, 0.1) is 20.4 Å². The van der Waals surface area contributed by atoms with Crippen molar-refractivity contribution in [2.45, 2.75) is 19.6 Å². The van der Waals surface area contributed by atoms with Crippen LogP contribution >= 0.6 is 15.9 Å². The van der Waals surface area contributed by atoms with E-state index < -0.39 is 6.10 Å². The molecule has 0 radical (unpaired) electrons. The van der Waals surface area contributed by atoms with Gasteiger partial charge in [-0.05, 0) is 19.1 Å². The molecule has 6 heteroatoms. The molecule has 1 N–H and O–H groups in total. The van der Waals surface area contributed by atoms with Crippen molar-refractivity contribution in [2.24, 2.45) is 0 Å². The van der Waals surface area contributed by atoms with E-state index in [-0.39, 0.29) is 0 Å². The molecule has 0 spiro atoms. The second-order valence-electron chi connectivity index (χ2n) is 4.26. The lowest BCUT2D eigenvalue weighted by Crippen LogP contribution is -2.02. The average molecular weight is 341 g/mol. The molecule has 20 heavy (non-hydrogen) atoms. The van der Waals surface area contributed by atoms with Crippen molar-refractivity contribution in [3.63, 3.8) is 0 Å². The molecule has 1 heterocycles. The number of aromatic nitrogens is 2. The Bertz CT molecular complexity index is 598. The molecule has 0 aliphatic carbocycles. The fourth-order valence-corrected chi connectivity index (χ4v) is 2.49.